The SMILES string of the molecule is COc1cc(C=CC2=NCC3(c4ccc(F)cc4)CCOC(=O)N23)ccc1-n1cnc(C)c1. The fourth-order valence-corrected chi connectivity index (χ4v) is 4.39. The number of ether oxygens (including phenoxy) is 2. The van der Waals surface area contributed by atoms with Crippen LogP contribution < -0.4 is 4.74 Å². The lowest BCUT2D eigenvalue weighted by molar-refractivity contribution is 0.0405. The summed E-state index contributed by atoms with van der Waals surface area (Å²) in [5.74, 6) is 0.889. The summed E-state index contributed by atoms with van der Waals surface area (Å²) in [6, 6.07) is 12.1. The summed E-state index contributed by atoms with van der Waals surface area (Å²) in [5.41, 5.74) is 2.86. The average molecular weight is 446 g/mol. The Bertz CT molecular complexity index is 1260. The van der Waals surface area contributed by atoms with Crippen molar-refractivity contribution < 1.29 is 18.7 Å². The first-order valence-corrected chi connectivity index (χ1v) is 10.6. The van der Waals surface area contributed by atoms with E-state index < -0.39 is 11.6 Å². The van der Waals surface area contributed by atoms with Crippen molar-refractivity contribution in [3.63, 3.8) is 0 Å². The number of amidine groups is 1. The Hall–Kier alpha value is -3.94. The highest BCUT2D eigenvalue weighted by Crippen LogP contribution is 2.40. The first-order chi connectivity index (χ1) is 16.0. The zero-order chi connectivity index (χ0) is 23.0. The van der Waals surface area contributed by atoms with Crippen LogP contribution in [0.2, 0.25) is 0 Å². The zero-order valence-corrected chi connectivity index (χ0v) is 18.4. The molecule has 1 atom stereocenters. The van der Waals surface area contributed by atoms with E-state index in [0.717, 1.165) is 22.5 Å². The molecule has 0 saturated carbocycles. The molecule has 1 fully saturated rings. The van der Waals surface area contributed by atoms with E-state index in [-0.39, 0.29) is 5.82 Å². The van der Waals surface area contributed by atoms with Crippen LogP contribution in [0.5, 0.6) is 5.75 Å². The van der Waals surface area contributed by atoms with Gasteiger partial charge in [-0.3, -0.25) is 4.99 Å². The van der Waals surface area contributed by atoms with Crippen LogP contribution in [-0.4, -0.2) is 46.6 Å². The van der Waals surface area contributed by atoms with Crippen molar-refractivity contribution >= 4 is 18.0 Å². The average Bonchev–Trinajstić information content (AvgIpc) is 3.43. The molecule has 0 spiro atoms. The number of methoxy groups -OCH3 is 1. The molecule has 33 heavy (non-hydrogen) atoms. The van der Waals surface area contributed by atoms with Gasteiger partial charge in [0.25, 0.3) is 0 Å². The number of aliphatic imine (C=N–C) groups is 1. The number of hydrogen-bond acceptors (Lipinski definition) is 5. The second kappa shape index (κ2) is 8.20. The minimum atomic E-state index is -0.663. The van der Waals surface area contributed by atoms with Crippen LogP contribution in [0, 0.1) is 12.7 Å². The molecule has 3 heterocycles. The predicted molar refractivity (Wildman–Crippen MR) is 122 cm³/mol. The van der Waals surface area contributed by atoms with Gasteiger partial charge in [-0.1, -0.05) is 24.3 Å². The van der Waals surface area contributed by atoms with Gasteiger partial charge < -0.3 is 14.0 Å². The summed E-state index contributed by atoms with van der Waals surface area (Å²) in [7, 11) is 1.62. The molecule has 1 aromatic heterocycles. The summed E-state index contributed by atoms with van der Waals surface area (Å²) >= 11 is 0. The van der Waals surface area contributed by atoms with Crippen LogP contribution in [0.4, 0.5) is 9.18 Å². The van der Waals surface area contributed by atoms with Gasteiger partial charge in [0, 0.05) is 12.6 Å². The van der Waals surface area contributed by atoms with Crippen molar-refractivity contribution in [2.45, 2.75) is 18.9 Å². The Balaban J connectivity index is 1.44. The number of aryl methyl sites for hydroxylation is 1. The molecule has 3 aromatic rings. The van der Waals surface area contributed by atoms with E-state index in [4.69, 9.17) is 9.47 Å². The molecule has 2 aromatic carbocycles. The van der Waals surface area contributed by atoms with Crippen LogP contribution in [-0.2, 0) is 10.3 Å². The molecule has 2 aliphatic heterocycles. The second-order valence-electron chi connectivity index (χ2n) is 8.10. The third-order valence-electron chi connectivity index (χ3n) is 6.08. The van der Waals surface area contributed by atoms with Crippen molar-refractivity contribution in [3.05, 3.63) is 83.7 Å². The van der Waals surface area contributed by atoms with E-state index in [2.05, 4.69) is 9.98 Å². The number of rotatable bonds is 5. The fraction of sp³-hybridized carbons (Fsp3) is 0.240. The quantitative estimate of drug-likeness (QED) is 0.579. The summed E-state index contributed by atoms with van der Waals surface area (Å²) in [6.45, 7) is 2.63. The third kappa shape index (κ3) is 3.67. The molecule has 0 aliphatic carbocycles. The van der Waals surface area contributed by atoms with Crippen LogP contribution in [0.3, 0.4) is 0 Å². The summed E-state index contributed by atoms with van der Waals surface area (Å²) in [5, 5.41) is 0. The highest BCUT2D eigenvalue weighted by molar-refractivity contribution is 6.07. The summed E-state index contributed by atoms with van der Waals surface area (Å²) in [4.78, 5) is 23.2. The lowest BCUT2D eigenvalue weighted by atomic mass is 9.85. The lowest BCUT2D eigenvalue weighted by Gasteiger charge is -2.41. The second-order valence-corrected chi connectivity index (χ2v) is 8.10. The van der Waals surface area contributed by atoms with Crippen molar-refractivity contribution in [1.29, 1.82) is 0 Å². The number of cyclic esters (lactones) is 1. The van der Waals surface area contributed by atoms with Crippen LogP contribution in [0.1, 0.15) is 23.2 Å². The predicted octanol–water partition coefficient (Wildman–Crippen LogP) is 4.49. The summed E-state index contributed by atoms with van der Waals surface area (Å²) < 4.78 is 26.3. The van der Waals surface area contributed by atoms with Crippen LogP contribution >= 0.6 is 0 Å². The molecule has 5 rings (SSSR count). The molecule has 2 aliphatic rings. The van der Waals surface area contributed by atoms with Gasteiger partial charge >= 0.3 is 6.09 Å². The van der Waals surface area contributed by atoms with Crippen molar-refractivity contribution in [3.8, 4) is 11.4 Å². The first-order valence-electron chi connectivity index (χ1n) is 10.6. The largest absolute Gasteiger partial charge is 0.495 e. The van der Waals surface area contributed by atoms with Crippen molar-refractivity contribution in [2.24, 2.45) is 4.99 Å². The van der Waals surface area contributed by atoms with Gasteiger partial charge in [0.15, 0.2) is 0 Å². The monoisotopic (exact) mass is 446 g/mol. The van der Waals surface area contributed by atoms with E-state index in [0.29, 0.717) is 31.2 Å². The number of amides is 1. The molecular weight excluding hydrogens is 423 g/mol. The zero-order valence-electron chi connectivity index (χ0n) is 18.4. The number of hydrogen-bond donors (Lipinski definition) is 0. The van der Waals surface area contributed by atoms with Gasteiger partial charge in [-0.05, 0) is 48.4 Å². The Morgan fingerprint density at radius 2 is 2.00 bits per heavy atom. The number of carbonyl (C=O) groups is 1. The number of fused-ring (bicyclic) bond motifs is 1. The Labute approximate surface area is 190 Å². The van der Waals surface area contributed by atoms with Gasteiger partial charge in [-0.15, -0.1) is 0 Å². The molecule has 0 bridgehead atoms. The van der Waals surface area contributed by atoms with Crippen LogP contribution in [0.15, 0.2) is 66.1 Å². The normalized spacial score (nSPS) is 20.0. The molecule has 168 valence electrons. The molecule has 7 nitrogen and oxygen atoms in total. The van der Waals surface area contributed by atoms with E-state index in [1.807, 2.05) is 42.0 Å². The number of imidazole rings is 1. The smallest absolute Gasteiger partial charge is 0.416 e. The van der Waals surface area contributed by atoms with E-state index >= 15 is 0 Å². The lowest BCUT2D eigenvalue weighted by Crippen LogP contribution is -2.54. The van der Waals surface area contributed by atoms with Crippen LogP contribution in [0.25, 0.3) is 11.8 Å². The molecule has 1 saturated heterocycles. The molecule has 0 radical (unpaired) electrons. The minimum Gasteiger partial charge on any atom is -0.495 e. The fourth-order valence-electron chi connectivity index (χ4n) is 4.39. The van der Waals surface area contributed by atoms with Gasteiger partial charge in [-0.2, -0.15) is 0 Å². The molecular formula is C25H23FN4O3. The van der Waals surface area contributed by atoms with Gasteiger partial charge in [-0.25, -0.2) is 19.1 Å². The van der Waals surface area contributed by atoms with Gasteiger partial charge in [0.2, 0.25) is 0 Å². The topological polar surface area (TPSA) is 69.0 Å². The minimum absolute atomic E-state index is 0.297. The van der Waals surface area contributed by atoms with Gasteiger partial charge in [0.05, 0.1) is 38.0 Å². The highest BCUT2D eigenvalue weighted by Gasteiger charge is 2.50. The maximum absolute atomic E-state index is 13.5. The molecule has 8 heteroatoms. The summed E-state index contributed by atoms with van der Waals surface area (Å²) in [6.07, 6.45) is 7.48. The maximum Gasteiger partial charge on any atom is 0.416 e. The number of halogens is 1. The standard InChI is InChI=1S/C25H23FN4O3/c1-17-14-29(16-28-17)21-9-3-18(13-22(21)32-2)4-10-23-27-15-25(11-12-33-24(31)30(23)25)19-5-7-20(26)8-6-19/h3-10,13-14,16H,11-12,15H2,1-2H3. The number of benzene rings is 2. The number of aromatic nitrogens is 2. The van der Waals surface area contributed by atoms with E-state index in [9.17, 15) is 9.18 Å². The van der Waals surface area contributed by atoms with E-state index in [1.165, 1.54) is 12.1 Å². The molecule has 1 unspecified atom stereocenters. The highest BCUT2D eigenvalue weighted by atomic mass is 19.1. The molecule has 1 amide bonds. The first kappa shape index (κ1) is 20.9. The third-order valence-corrected chi connectivity index (χ3v) is 6.08. The number of carbonyl (C=O) groups excluding carboxylic acids is 1. The number of nitrogens with zero attached hydrogens (tertiary/aromatic N) is 4. The Kier molecular flexibility index (Phi) is 5.20. The van der Waals surface area contributed by atoms with Crippen molar-refractivity contribution in [2.75, 3.05) is 20.3 Å². The van der Waals surface area contributed by atoms with Gasteiger partial charge in [0.1, 0.15) is 22.9 Å². The van der Waals surface area contributed by atoms with E-state index in [1.54, 1.807) is 36.5 Å². The Morgan fingerprint density at radius 1 is 1.18 bits per heavy atom. The maximum atomic E-state index is 13.5. The Morgan fingerprint density at radius 3 is 2.73 bits per heavy atom. The molecule has 0 N–H and O–H groups in total. The van der Waals surface area contributed by atoms with Crippen molar-refractivity contribution in [1.82, 2.24) is 14.5 Å².